The highest BCUT2D eigenvalue weighted by Crippen LogP contribution is 2.55. The van der Waals surface area contributed by atoms with E-state index in [9.17, 15) is 5.11 Å². The lowest BCUT2D eigenvalue weighted by molar-refractivity contribution is -0.351. The second-order valence-electron chi connectivity index (χ2n) is 14.8. The molecule has 0 heterocycles. The van der Waals surface area contributed by atoms with Crippen LogP contribution in [0.3, 0.4) is 0 Å². The van der Waals surface area contributed by atoms with Gasteiger partial charge in [-0.25, -0.2) is 8.78 Å². The summed E-state index contributed by atoms with van der Waals surface area (Å²) in [6.07, 6.45) is -3.81. The van der Waals surface area contributed by atoms with Gasteiger partial charge in [-0.3, -0.25) is 0 Å². The van der Waals surface area contributed by atoms with Gasteiger partial charge in [-0.1, -0.05) is 157 Å². The summed E-state index contributed by atoms with van der Waals surface area (Å²) in [7, 11) is 0. The fraction of sp³-hybridized carbons (Fsp3) is 0.280. The van der Waals surface area contributed by atoms with E-state index in [0.29, 0.717) is 23.6 Å². The van der Waals surface area contributed by atoms with Gasteiger partial charge in [0, 0.05) is 5.02 Å². The van der Waals surface area contributed by atoms with Crippen LogP contribution in [0.2, 0.25) is 5.02 Å². The fourth-order valence-corrected chi connectivity index (χ4v) is 7.88. The van der Waals surface area contributed by atoms with Crippen LogP contribution in [0.15, 0.2) is 164 Å². The predicted octanol–water partition coefficient (Wildman–Crippen LogP) is 10.8. The molecular formula is C50H49ClF2O6. The van der Waals surface area contributed by atoms with E-state index < -0.39 is 42.4 Å². The van der Waals surface area contributed by atoms with Crippen molar-refractivity contribution in [1.29, 1.82) is 0 Å². The molecule has 0 aliphatic heterocycles. The van der Waals surface area contributed by atoms with Gasteiger partial charge in [0.15, 0.2) is 5.60 Å². The Labute approximate surface area is 350 Å². The average molecular weight is 819 g/mol. The molecule has 5 atom stereocenters. The first-order chi connectivity index (χ1) is 28.8. The number of alkyl halides is 2. The molecule has 1 N–H and O–H groups in total. The summed E-state index contributed by atoms with van der Waals surface area (Å²) in [5.41, 5.74) is 1.60. The monoisotopic (exact) mass is 818 g/mol. The third-order valence-electron chi connectivity index (χ3n) is 10.8. The molecule has 9 heteroatoms. The van der Waals surface area contributed by atoms with E-state index in [4.69, 9.17) is 35.3 Å². The topological polar surface area (TPSA) is 66.4 Å². The van der Waals surface area contributed by atoms with Crippen molar-refractivity contribution in [2.24, 2.45) is 5.92 Å². The third kappa shape index (κ3) is 10.1. The highest BCUT2D eigenvalue weighted by Gasteiger charge is 2.72. The van der Waals surface area contributed by atoms with Gasteiger partial charge < -0.3 is 28.8 Å². The van der Waals surface area contributed by atoms with Crippen molar-refractivity contribution in [1.82, 2.24) is 0 Å². The molecule has 0 spiro atoms. The van der Waals surface area contributed by atoms with Crippen LogP contribution in [-0.4, -0.2) is 42.6 Å². The lowest BCUT2D eigenvalue weighted by Gasteiger charge is -2.55. The number of hydrogen-bond donors (Lipinski definition) is 1. The van der Waals surface area contributed by atoms with Crippen molar-refractivity contribution in [2.45, 2.75) is 69.6 Å². The van der Waals surface area contributed by atoms with Gasteiger partial charge in [0.2, 0.25) is 0 Å². The molecule has 0 radical (unpaired) electrons. The van der Waals surface area contributed by atoms with Gasteiger partial charge in [-0.05, 0) is 70.5 Å². The van der Waals surface area contributed by atoms with Crippen LogP contribution in [0.4, 0.5) is 8.78 Å². The zero-order valence-electron chi connectivity index (χ0n) is 33.0. The normalized spacial score (nSPS) is 21.2. The molecule has 59 heavy (non-hydrogen) atoms. The fourth-order valence-electron chi connectivity index (χ4n) is 7.69. The number of rotatable bonds is 18. The van der Waals surface area contributed by atoms with Crippen molar-refractivity contribution < 1.29 is 37.6 Å². The summed E-state index contributed by atoms with van der Waals surface area (Å²) in [5.74, 6) is -4.87. The van der Waals surface area contributed by atoms with Crippen molar-refractivity contribution >= 4 is 11.6 Å². The Hall–Kier alpha value is -4.93. The number of ether oxygens (including phenoxy) is 5. The Kier molecular flexibility index (Phi) is 14.2. The van der Waals surface area contributed by atoms with E-state index in [0.717, 1.165) is 33.6 Å². The first-order valence-corrected chi connectivity index (χ1v) is 20.3. The highest BCUT2D eigenvalue weighted by molar-refractivity contribution is 6.31. The van der Waals surface area contributed by atoms with Crippen LogP contribution in [0.1, 0.15) is 45.9 Å². The van der Waals surface area contributed by atoms with E-state index in [2.05, 4.69) is 0 Å². The van der Waals surface area contributed by atoms with Crippen molar-refractivity contribution in [3.8, 4) is 5.75 Å². The van der Waals surface area contributed by atoms with Crippen molar-refractivity contribution in [3.05, 3.63) is 208 Å². The average Bonchev–Trinajstić information content (AvgIpc) is 3.27. The molecule has 1 aliphatic carbocycles. The molecule has 1 fully saturated rings. The molecule has 0 amide bonds. The molecule has 1 aliphatic rings. The van der Waals surface area contributed by atoms with Crippen LogP contribution in [0, 0.1) is 5.92 Å². The predicted molar refractivity (Wildman–Crippen MR) is 225 cm³/mol. The molecule has 306 valence electrons. The van der Waals surface area contributed by atoms with Gasteiger partial charge in [-0.2, -0.15) is 0 Å². The van der Waals surface area contributed by atoms with Gasteiger partial charge >= 0.3 is 0 Å². The summed E-state index contributed by atoms with van der Waals surface area (Å²) in [6.45, 7) is 2.05. The van der Waals surface area contributed by atoms with Crippen LogP contribution in [-0.2, 0) is 57.4 Å². The largest absolute Gasteiger partial charge is 0.494 e. The highest BCUT2D eigenvalue weighted by atomic mass is 35.5. The minimum absolute atomic E-state index is 0.0129. The molecular weight excluding hydrogens is 770 g/mol. The second-order valence-corrected chi connectivity index (χ2v) is 15.2. The van der Waals surface area contributed by atoms with Crippen LogP contribution in [0.5, 0.6) is 5.75 Å². The Morgan fingerprint density at radius 3 is 1.59 bits per heavy atom. The summed E-state index contributed by atoms with van der Waals surface area (Å²) >= 11 is 6.79. The first-order valence-electron chi connectivity index (χ1n) is 19.9. The molecule has 1 saturated carbocycles. The van der Waals surface area contributed by atoms with E-state index in [1.165, 1.54) is 6.07 Å². The molecule has 7 rings (SSSR count). The maximum atomic E-state index is 18.2. The molecule has 6 aromatic carbocycles. The summed E-state index contributed by atoms with van der Waals surface area (Å²) in [6, 6.07) is 49.6. The maximum absolute atomic E-state index is 18.2. The third-order valence-corrected chi connectivity index (χ3v) is 11.1. The quantitative estimate of drug-likeness (QED) is 0.0932. The molecule has 0 saturated heterocycles. The molecule has 6 aromatic rings. The SMILES string of the molecule is CCOc1ccc(Cc2cc([C@]3(O)[C@H](OCc4ccccc4)[C@@H](OCc4ccccc4)[C@H](OCc4ccccc4)[C@@H](COCc4ccccc4)C3(F)F)ccc2Cl)cc1. The first kappa shape index (κ1) is 42.2. The summed E-state index contributed by atoms with van der Waals surface area (Å²) in [5, 5.41) is 13.6. The zero-order valence-corrected chi connectivity index (χ0v) is 33.7. The van der Waals surface area contributed by atoms with Crippen LogP contribution >= 0.6 is 11.6 Å². The van der Waals surface area contributed by atoms with E-state index in [1.807, 2.05) is 153 Å². The molecule has 0 aromatic heterocycles. The van der Waals surface area contributed by atoms with Crippen LogP contribution < -0.4 is 4.74 Å². The van der Waals surface area contributed by atoms with E-state index in [-0.39, 0.29) is 32.0 Å². The van der Waals surface area contributed by atoms with Crippen molar-refractivity contribution in [2.75, 3.05) is 13.2 Å². The lowest BCUT2D eigenvalue weighted by atomic mass is 9.66. The Balaban J connectivity index is 1.34. The van der Waals surface area contributed by atoms with Gasteiger partial charge in [0.1, 0.15) is 18.0 Å². The minimum Gasteiger partial charge on any atom is -0.494 e. The molecule has 0 bridgehead atoms. The number of benzene rings is 6. The van der Waals surface area contributed by atoms with E-state index in [1.54, 1.807) is 12.1 Å². The zero-order chi connectivity index (χ0) is 41.1. The summed E-state index contributed by atoms with van der Waals surface area (Å²) in [4.78, 5) is 0. The number of aliphatic hydroxyl groups is 1. The second kappa shape index (κ2) is 19.9. The van der Waals surface area contributed by atoms with Gasteiger partial charge in [0.05, 0.1) is 51.7 Å². The van der Waals surface area contributed by atoms with Crippen molar-refractivity contribution in [3.63, 3.8) is 0 Å². The van der Waals surface area contributed by atoms with Crippen LogP contribution in [0.25, 0.3) is 0 Å². The summed E-state index contributed by atoms with van der Waals surface area (Å²) < 4.78 is 68.0. The Morgan fingerprint density at radius 2 is 1.07 bits per heavy atom. The number of hydrogen-bond acceptors (Lipinski definition) is 6. The Bertz CT molecular complexity index is 2180. The Morgan fingerprint density at radius 1 is 0.576 bits per heavy atom. The minimum atomic E-state index is -3.90. The molecule has 0 unspecified atom stereocenters. The number of halogens is 3. The van der Waals surface area contributed by atoms with E-state index >= 15 is 8.78 Å². The smallest absolute Gasteiger partial charge is 0.290 e. The standard InChI is InChI=1S/C50H49ClF2O6/c1-2-56-43-26-23-36(24-27-43)29-41-30-42(25-28-45(41)51)49(54)48(59-34-40-21-13-6-14-22-40)47(58-33-39-19-11-5-12-20-39)46(57-32-38-17-9-4-10-18-38)44(50(49,52)53)35-55-31-37-15-7-3-8-16-37/h3-28,30,44,46-48,54H,2,29,31-35H2,1H3/t44-,46-,47+,48-,49+/m1/s1. The molecule has 6 nitrogen and oxygen atoms in total. The maximum Gasteiger partial charge on any atom is 0.290 e. The lowest BCUT2D eigenvalue weighted by Crippen LogP contribution is -2.72. The van der Waals surface area contributed by atoms with Gasteiger partial charge in [0.25, 0.3) is 5.92 Å². The van der Waals surface area contributed by atoms with Gasteiger partial charge in [-0.15, -0.1) is 0 Å².